The highest BCUT2D eigenvalue weighted by atomic mass is 15.3. The van der Waals surface area contributed by atoms with E-state index in [0.29, 0.717) is 6.04 Å². The zero-order valence-electron chi connectivity index (χ0n) is 10.4. The van der Waals surface area contributed by atoms with Crippen molar-refractivity contribution in [2.24, 2.45) is 5.10 Å². The lowest BCUT2D eigenvalue weighted by atomic mass is 10.0. The third-order valence-corrected chi connectivity index (χ3v) is 3.11. The van der Waals surface area contributed by atoms with Crippen molar-refractivity contribution < 1.29 is 0 Å². The van der Waals surface area contributed by atoms with Crippen molar-refractivity contribution in [2.45, 2.75) is 77.7 Å². The molecule has 1 heterocycles. The van der Waals surface area contributed by atoms with Crippen LogP contribution in [0.25, 0.3) is 0 Å². The molecule has 1 atom stereocenters. The fraction of sp³-hybridized carbons (Fsp3) is 0.923. The summed E-state index contributed by atoms with van der Waals surface area (Å²) in [5, 5.41) is 4.43. The molecule has 1 N–H and O–H groups in total. The normalized spacial score (nSPS) is 20.1. The van der Waals surface area contributed by atoms with Crippen LogP contribution in [0.2, 0.25) is 0 Å². The minimum Gasteiger partial charge on any atom is -0.307 e. The molecule has 0 bridgehead atoms. The maximum atomic E-state index is 4.43. The molecule has 0 saturated heterocycles. The van der Waals surface area contributed by atoms with E-state index in [1.54, 1.807) is 0 Å². The van der Waals surface area contributed by atoms with Gasteiger partial charge in [-0.25, -0.2) is 0 Å². The van der Waals surface area contributed by atoms with Crippen molar-refractivity contribution in [3.63, 3.8) is 0 Å². The Morgan fingerprint density at radius 1 is 1.13 bits per heavy atom. The van der Waals surface area contributed by atoms with Gasteiger partial charge in [0.05, 0.1) is 0 Å². The van der Waals surface area contributed by atoms with Gasteiger partial charge in [0.2, 0.25) is 0 Å². The molecule has 88 valence electrons. The third kappa shape index (κ3) is 5.19. The van der Waals surface area contributed by atoms with Gasteiger partial charge in [0.1, 0.15) is 0 Å². The van der Waals surface area contributed by atoms with Gasteiger partial charge in [0.15, 0.2) is 0 Å². The lowest BCUT2D eigenvalue weighted by Crippen LogP contribution is -2.18. The number of unbranched alkanes of at least 4 members (excludes halogenated alkanes) is 4. The molecule has 0 fully saturated rings. The summed E-state index contributed by atoms with van der Waals surface area (Å²) in [7, 11) is 0. The Morgan fingerprint density at radius 3 is 2.60 bits per heavy atom. The number of rotatable bonds is 8. The van der Waals surface area contributed by atoms with Crippen molar-refractivity contribution in [3.05, 3.63) is 0 Å². The molecule has 0 aromatic rings. The average Bonchev–Trinajstić information content (AvgIpc) is 2.67. The fourth-order valence-electron chi connectivity index (χ4n) is 2.10. The Bertz CT molecular complexity index is 187. The van der Waals surface area contributed by atoms with Crippen LogP contribution in [0.4, 0.5) is 0 Å². The van der Waals surface area contributed by atoms with E-state index < -0.39 is 0 Å². The van der Waals surface area contributed by atoms with Crippen molar-refractivity contribution in [2.75, 3.05) is 0 Å². The van der Waals surface area contributed by atoms with Crippen molar-refractivity contribution in [1.82, 2.24) is 5.43 Å². The summed E-state index contributed by atoms with van der Waals surface area (Å²) in [5.41, 5.74) is 4.69. The first-order chi connectivity index (χ1) is 7.36. The first kappa shape index (κ1) is 12.5. The summed E-state index contributed by atoms with van der Waals surface area (Å²) >= 11 is 0. The number of nitrogens with zero attached hydrogens (tertiary/aromatic N) is 1. The van der Waals surface area contributed by atoms with Crippen LogP contribution in [-0.2, 0) is 0 Å². The summed E-state index contributed by atoms with van der Waals surface area (Å²) in [4.78, 5) is 0. The van der Waals surface area contributed by atoms with Crippen LogP contribution in [-0.4, -0.2) is 11.8 Å². The first-order valence-electron chi connectivity index (χ1n) is 6.67. The molecule has 0 radical (unpaired) electrons. The molecule has 0 aliphatic carbocycles. The molecule has 1 unspecified atom stereocenters. The van der Waals surface area contributed by atoms with E-state index in [-0.39, 0.29) is 0 Å². The number of hydrogen-bond donors (Lipinski definition) is 1. The number of hydrogen-bond acceptors (Lipinski definition) is 2. The first-order valence-corrected chi connectivity index (χ1v) is 6.67. The Labute approximate surface area is 94.5 Å². The lowest BCUT2D eigenvalue weighted by molar-refractivity contribution is 0.508. The second kappa shape index (κ2) is 7.72. The number of hydrazone groups is 1. The van der Waals surface area contributed by atoms with Gasteiger partial charge in [-0.3, -0.25) is 0 Å². The van der Waals surface area contributed by atoms with Crippen molar-refractivity contribution >= 4 is 5.71 Å². The highest BCUT2D eigenvalue weighted by molar-refractivity contribution is 5.86. The van der Waals surface area contributed by atoms with Crippen LogP contribution in [0, 0.1) is 0 Å². The second-order valence-electron chi connectivity index (χ2n) is 4.66. The predicted molar refractivity (Wildman–Crippen MR) is 67.3 cm³/mol. The molecule has 0 aromatic carbocycles. The standard InChI is InChI=1S/C13H26N2/c1-3-5-7-9-12-11-13(15-14-12)10-8-6-4-2/h12,14H,3-11H2,1-2H3. The molecule has 1 rings (SSSR count). The van der Waals surface area contributed by atoms with Gasteiger partial charge in [-0.15, -0.1) is 0 Å². The van der Waals surface area contributed by atoms with Gasteiger partial charge in [0.25, 0.3) is 0 Å². The molecular weight excluding hydrogens is 184 g/mol. The summed E-state index contributed by atoms with van der Waals surface area (Å²) in [5.74, 6) is 0. The zero-order chi connectivity index (χ0) is 10.9. The Morgan fingerprint density at radius 2 is 1.87 bits per heavy atom. The molecule has 1 aliphatic rings. The molecule has 15 heavy (non-hydrogen) atoms. The third-order valence-electron chi connectivity index (χ3n) is 3.11. The van der Waals surface area contributed by atoms with Gasteiger partial charge in [-0.05, 0) is 19.3 Å². The minimum absolute atomic E-state index is 0.646. The van der Waals surface area contributed by atoms with Gasteiger partial charge in [0, 0.05) is 18.2 Å². The fourth-order valence-corrected chi connectivity index (χ4v) is 2.10. The van der Waals surface area contributed by atoms with Gasteiger partial charge < -0.3 is 5.43 Å². The van der Waals surface area contributed by atoms with Crippen LogP contribution in [0.1, 0.15) is 71.6 Å². The highest BCUT2D eigenvalue weighted by Crippen LogP contribution is 2.15. The van der Waals surface area contributed by atoms with E-state index in [1.165, 1.54) is 63.5 Å². The summed E-state index contributed by atoms with van der Waals surface area (Å²) in [6.07, 6.45) is 11.7. The van der Waals surface area contributed by atoms with Gasteiger partial charge in [-0.2, -0.15) is 5.10 Å². The molecule has 1 aliphatic heterocycles. The van der Waals surface area contributed by atoms with E-state index in [1.807, 2.05) is 0 Å². The maximum Gasteiger partial charge on any atom is 0.0492 e. The van der Waals surface area contributed by atoms with Gasteiger partial charge in [-0.1, -0.05) is 46.0 Å². The monoisotopic (exact) mass is 210 g/mol. The summed E-state index contributed by atoms with van der Waals surface area (Å²) < 4.78 is 0. The topological polar surface area (TPSA) is 24.4 Å². The quantitative estimate of drug-likeness (QED) is 0.604. The Balaban J connectivity index is 2.03. The zero-order valence-corrected chi connectivity index (χ0v) is 10.4. The van der Waals surface area contributed by atoms with Crippen molar-refractivity contribution in [1.29, 1.82) is 0 Å². The van der Waals surface area contributed by atoms with Crippen LogP contribution < -0.4 is 5.43 Å². The summed E-state index contributed by atoms with van der Waals surface area (Å²) in [6, 6.07) is 0.646. The average molecular weight is 210 g/mol. The van der Waals surface area contributed by atoms with E-state index in [0.717, 1.165) is 0 Å². The van der Waals surface area contributed by atoms with E-state index >= 15 is 0 Å². The molecule has 0 aromatic heterocycles. The van der Waals surface area contributed by atoms with Gasteiger partial charge >= 0.3 is 0 Å². The molecule has 2 nitrogen and oxygen atoms in total. The molecule has 0 spiro atoms. The maximum absolute atomic E-state index is 4.43. The van der Waals surface area contributed by atoms with E-state index in [4.69, 9.17) is 0 Å². The minimum atomic E-state index is 0.646. The lowest BCUT2D eigenvalue weighted by Gasteiger charge is -2.08. The van der Waals surface area contributed by atoms with Crippen molar-refractivity contribution in [3.8, 4) is 0 Å². The molecular formula is C13H26N2. The SMILES string of the molecule is CCCCCC1=NNC(CCCCC)C1. The Kier molecular flexibility index (Phi) is 6.45. The van der Waals surface area contributed by atoms with Crippen LogP contribution in [0.15, 0.2) is 5.10 Å². The van der Waals surface area contributed by atoms with Crippen LogP contribution in [0.5, 0.6) is 0 Å². The largest absolute Gasteiger partial charge is 0.307 e. The summed E-state index contributed by atoms with van der Waals surface area (Å²) in [6.45, 7) is 4.51. The van der Waals surface area contributed by atoms with Crippen LogP contribution in [0.3, 0.4) is 0 Å². The predicted octanol–water partition coefficient (Wildman–Crippen LogP) is 3.86. The molecule has 0 saturated carbocycles. The highest BCUT2D eigenvalue weighted by Gasteiger charge is 2.16. The van der Waals surface area contributed by atoms with Crippen LogP contribution >= 0.6 is 0 Å². The smallest absolute Gasteiger partial charge is 0.0492 e. The second-order valence-corrected chi connectivity index (χ2v) is 4.66. The van der Waals surface area contributed by atoms with E-state index in [9.17, 15) is 0 Å². The number of nitrogens with one attached hydrogen (secondary N) is 1. The molecule has 0 amide bonds. The molecule has 2 heteroatoms. The van der Waals surface area contributed by atoms with E-state index in [2.05, 4.69) is 24.4 Å². The Hall–Kier alpha value is -0.530.